The normalized spacial score (nSPS) is 18.4. The van der Waals surface area contributed by atoms with Crippen molar-refractivity contribution in [3.8, 4) is 6.07 Å². The lowest BCUT2D eigenvalue weighted by Gasteiger charge is -2.18. The first-order chi connectivity index (χ1) is 8.29. The lowest BCUT2D eigenvalue weighted by molar-refractivity contribution is 0.0929. The van der Waals surface area contributed by atoms with E-state index in [1.165, 1.54) is 6.20 Å². The van der Waals surface area contributed by atoms with Crippen LogP contribution < -0.4 is 5.32 Å². The highest BCUT2D eigenvalue weighted by molar-refractivity contribution is 5.92. The summed E-state index contributed by atoms with van der Waals surface area (Å²) in [6, 6.07) is 5.35. The second-order valence-corrected chi connectivity index (χ2v) is 4.00. The van der Waals surface area contributed by atoms with Crippen molar-refractivity contribution < 1.29 is 4.79 Å². The molecule has 0 fully saturated rings. The third-order valence-electron chi connectivity index (χ3n) is 2.73. The third kappa shape index (κ3) is 2.91. The van der Waals surface area contributed by atoms with Crippen molar-refractivity contribution in [1.82, 2.24) is 10.3 Å². The SMILES string of the molecule is N#Cc1ccc(C(=O)NC2CC=CCC2)nc1. The lowest BCUT2D eigenvalue weighted by Crippen LogP contribution is -2.35. The van der Waals surface area contributed by atoms with Crippen molar-refractivity contribution in [2.24, 2.45) is 0 Å². The monoisotopic (exact) mass is 227 g/mol. The van der Waals surface area contributed by atoms with Crippen LogP contribution in [0.25, 0.3) is 0 Å². The van der Waals surface area contributed by atoms with E-state index in [9.17, 15) is 4.79 Å². The van der Waals surface area contributed by atoms with Crippen molar-refractivity contribution in [3.63, 3.8) is 0 Å². The maximum absolute atomic E-state index is 11.8. The maximum Gasteiger partial charge on any atom is 0.270 e. The Morgan fingerprint density at radius 2 is 2.35 bits per heavy atom. The van der Waals surface area contributed by atoms with Crippen LogP contribution in [0.2, 0.25) is 0 Å². The van der Waals surface area contributed by atoms with Crippen LogP contribution in [0.5, 0.6) is 0 Å². The van der Waals surface area contributed by atoms with Crippen LogP contribution in [0.1, 0.15) is 35.3 Å². The van der Waals surface area contributed by atoms with Crippen LogP contribution in [0.4, 0.5) is 0 Å². The summed E-state index contributed by atoms with van der Waals surface area (Å²) in [6.45, 7) is 0. The molecule has 17 heavy (non-hydrogen) atoms. The number of carbonyl (C=O) groups excluding carboxylic acids is 1. The summed E-state index contributed by atoms with van der Waals surface area (Å²) in [5.74, 6) is -0.171. The molecule has 1 N–H and O–H groups in total. The lowest BCUT2D eigenvalue weighted by atomic mass is 10.0. The fourth-order valence-electron chi connectivity index (χ4n) is 1.78. The highest BCUT2D eigenvalue weighted by atomic mass is 16.1. The summed E-state index contributed by atoms with van der Waals surface area (Å²) in [5.41, 5.74) is 0.820. The van der Waals surface area contributed by atoms with Crippen LogP contribution >= 0.6 is 0 Å². The van der Waals surface area contributed by atoms with E-state index in [4.69, 9.17) is 5.26 Å². The van der Waals surface area contributed by atoms with Gasteiger partial charge < -0.3 is 5.32 Å². The minimum Gasteiger partial charge on any atom is -0.348 e. The molecule has 1 unspecified atom stereocenters. The van der Waals surface area contributed by atoms with Crippen LogP contribution in [-0.2, 0) is 0 Å². The van der Waals surface area contributed by atoms with Crippen LogP contribution in [0, 0.1) is 11.3 Å². The van der Waals surface area contributed by atoms with Gasteiger partial charge in [-0.2, -0.15) is 5.26 Å². The number of hydrogen-bond donors (Lipinski definition) is 1. The minimum atomic E-state index is -0.171. The van der Waals surface area contributed by atoms with Crippen LogP contribution in [-0.4, -0.2) is 16.9 Å². The number of hydrogen-bond acceptors (Lipinski definition) is 3. The summed E-state index contributed by atoms with van der Waals surface area (Å²) >= 11 is 0. The molecule has 2 rings (SSSR count). The van der Waals surface area contributed by atoms with E-state index in [-0.39, 0.29) is 11.9 Å². The number of amides is 1. The molecular weight excluding hydrogens is 214 g/mol. The Kier molecular flexibility index (Phi) is 3.51. The number of nitrogens with one attached hydrogen (secondary N) is 1. The molecule has 0 bridgehead atoms. The van der Waals surface area contributed by atoms with Gasteiger partial charge in [-0.05, 0) is 31.4 Å². The van der Waals surface area contributed by atoms with E-state index in [2.05, 4.69) is 22.5 Å². The smallest absolute Gasteiger partial charge is 0.270 e. The standard InChI is InChI=1S/C13H13N3O/c14-8-10-6-7-12(15-9-10)13(17)16-11-4-2-1-3-5-11/h1-2,6-7,9,11H,3-5H2,(H,16,17). The molecule has 0 spiro atoms. The zero-order valence-corrected chi connectivity index (χ0v) is 9.39. The number of pyridine rings is 1. The molecule has 1 aliphatic rings. The van der Waals surface area contributed by atoms with Crippen molar-refractivity contribution in [2.75, 3.05) is 0 Å². The van der Waals surface area contributed by atoms with Gasteiger partial charge in [-0.15, -0.1) is 0 Å². The summed E-state index contributed by atoms with van der Waals surface area (Å²) < 4.78 is 0. The van der Waals surface area contributed by atoms with E-state index in [0.29, 0.717) is 11.3 Å². The molecule has 0 radical (unpaired) electrons. The van der Waals surface area contributed by atoms with Crippen molar-refractivity contribution >= 4 is 5.91 Å². The molecule has 0 saturated carbocycles. The Hall–Kier alpha value is -2.15. The molecule has 1 aromatic heterocycles. The first-order valence-corrected chi connectivity index (χ1v) is 5.61. The number of allylic oxidation sites excluding steroid dienone is 1. The average Bonchev–Trinajstić information content (AvgIpc) is 2.40. The van der Waals surface area contributed by atoms with Gasteiger partial charge in [0.25, 0.3) is 5.91 Å². The number of nitrogens with zero attached hydrogens (tertiary/aromatic N) is 2. The zero-order valence-electron chi connectivity index (χ0n) is 9.39. The van der Waals surface area contributed by atoms with Crippen LogP contribution in [0.3, 0.4) is 0 Å². The molecule has 1 aliphatic carbocycles. The molecule has 0 aromatic carbocycles. The number of carbonyl (C=O) groups is 1. The first-order valence-electron chi connectivity index (χ1n) is 5.61. The third-order valence-corrected chi connectivity index (χ3v) is 2.73. The van der Waals surface area contributed by atoms with E-state index in [0.717, 1.165) is 19.3 Å². The summed E-state index contributed by atoms with van der Waals surface area (Å²) in [4.78, 5) is 15.8. The fourth-order valence-corrected chi connectivity index (χ4v) is 1.78. The molecule has 1 amide bonds. The number of nitriles is 1. The van der Waals surface area contributed by atoms with E-state index in [1.807, 2.05) is 6.07 Å². The van der Waals surface area contributed by atoms with Gasteiger partial charge in [0.15, 0.2) is 0 Å². The predicted molar refractivity (Wildman–Crippen MR) is 63.2 cm³/mol. The second-order valence-electron chi connectivity index (χ2n) is 4.00. The van der Waals surface area contributed by atoms with Gasteiger partial charge in [-0.25, -0.2) is 4.98 Å². The number of rotatable bonds is 2. The van der Waals surface area contributed by atoms with Crippen molar-refractivity contribution in [2.45, 2.75) is 25.3 Å². The number of aromatic nitrogens is 1. The first kappa shape index (κ1) is 11.3. The molecule has 1 aromatic rings. The Bertz CT molecular complexity index is 470. The van der Waals surface area contributed by atoms with Crippen LogP contribution in [0.15, 0.2) is 30.5 Å². The van der Waals surface area contributed by atoms with E-state index >= 15 is 0 Å². The van der Waals surface area contributed by atoms with Gasteiger partial charge in [0.05, 0.1) is 5.56 Å². The highest BCUT2D eigenvalue weighted by Crippen LogP contribution is 2.11. The average molecular weight is 227 g/mol. The van der Waals surface area contributed by atoms with Gasteiger partial charge in [0.2, 0.25) is 0 Å². The van der Waals surface area contributed by atoms with Crippen molar-refractivity contribution in [1.29, 1.82) is 5.26 Å². The molecule has 0 aliphatic heterocycles. The zero-order chi connectivity index (χ0) is 12.1. The highest BCUT2D eigenvalue weighted by Gasteiger charge is 2.14. The van der Waals surface area contributed by atoms with Gasteiger partial charge >= 0.3 is 0 Å². The summed E-state index contributed by atoms with van der Waals surface area (Å²) in [5, 5.41) is 11.6. The largest absolute Gasteiger partial charge is 0.348 e. The Morgan fingerprint density at radius 1 is 1.47 bits per heavy atom. The maximum atomic E-state index is 11.8. The van der Waals surface area contributed by atoms with E-state index < -0.39 is 0 Å². The van der Waals surface area contributed by atoms with Gasteiger partial charge in [0.1, 0.15) is 11.8 Å². The quantitative estimate of drug-likeness (QED) is 0.783. The predicted octanol–water partition coefficient (Wildman–Crippen LogP) is 1.79. The molecular formula is C13H13N3O. The molecule has 4 nitrogen and oxygen atoms in total. The van der Waals surface area contributed by atoms with Gasteiger partial charge in [0, 0.05) is 12.2 Å². The molecule has 1 heterocycles. The van der Waals surface area contributed by atoms with Crippen molar-refractivity contribution in [3.05, 3.63) is 41.7 Å². The molecule has 1 atom stereocenters. The van der Waals surface area contributed by atoms with Gasteiger partial charge in [-0.1, -0.05) is 12.2 Å². The Balaban J connectivity index is 1.99. The summed E-state index contributed by atoms with van der Waals surface area (Å²) in [6.07, 6.45) is 8.48. The molecule has 86 valence electrons. The molecule has 0 saturated heterocycles. The summed E-state index contributed by atoms with van der Waals surface area (Å²) in [7, 11) is 0. The fraction of sp³-hybridized carbons (Fsp3) is 0.308. The van der Waals surface area contributed by atoms with Gasteiger partial charge in [-0.3, -0.25) is 4.79 Å². The molecule has 4 heteroatoms. The van der Waals surface area contributed by atoms with E-state index in [1.54, 1.807) is 12.1 Å². The minimum absolute atomic E-state index is 0.171. The second kappa shape index (κ2) is 5.26. The topological polar surface area (TPSA) is 65.8 Å². The Morgan fingerprint density at radius 3 is 2.94 bits per heavy atom. The Labute approximate surface area is 100.0 Å².